The maximum atomic E-state index is 12.1. The first-order valence-electron chi connectivity index (χ1n) is 6.88. The molecule has 0 saturated carbocycles. The van der Waals surface area contributed by atoms with E-state index in [0.29, 0.717) is 16.9 Å². The Kier molecular flexibility index (Phi) is 5.16. The van der Waals surface area contributed by atoms with Crippen LogP contribution in [-0.2, 0) is 0 Å². The molecule has 0 aliphatic heterocycles. The van der Waals surface area contributed by atoms with Crippen LogP contribution in [-0.4, -0.2) is 30.0 Å². The summed E-state index contributed by atoms with van der Waals surface area (Å²) in [4.78, 5) is 22.3. The lowest BCUT2D eigenvalue weighted by Gasteiger charge is -2.05. The molecule has 0 amide bonds. The molecule has 0 aliphatic rings. The molecule has 0 heterocycles. The largest absolute Gasteiger partial charge is 0.500 e. The maximum Gasteiger partial charge on any atom is 0.315 e. The number of benzene rings is 2. The van der Waals surface area contributed by atoms with Crippen molar-refractivity contribution in [1.29, 1.82) is 0 Å². The van der Waals surface area contributed by atoms with E-state index in [1.165, 1.54) is 32.4 Å². The molecule has 1 N–H and O–H groups in total. The molecule has 7 heteroatoms. The van der Waals surface area contributed by atoms with Crippen LogP contribution in [0.3, 0.4) is 0 Å². The summed E-state index contributed by atoms with van der Waals surface area (Å²) in [6.45, 7) is 0. The van der Waals surface area contributed by atoms with Crippen LogP contribution in [0.4, 0.5) is 5.69 Å². The van der Waals surface area contributed by atoms with Crippen LogP contribution in [0.2, 0.25) is 0 Å². The van der Waals surface area contributed by atoms with Gasteiger partial charge in [0.05, 0.1) is 19.1 Å². The van der Waals surface area contributed by atoms with E-state index >= 15 is 0 Å². The first kappa shape index (κ1) is 17.0. The highest BCUT2D eigenvalue weighted by Crippen LogP contribution is 2.37. The second-order valence-corrected chi connectivity index (χ2v) is 4.77. The summed E-state index contributed by atoms with van der Waals surface area (Å²) >= 11 is 0. The van der Waals surface area contributed by atoms with Crippen molar-refractivity contribution >= 4 is 17.5 Å². The first-order chi connectivity index (χ1) is 11.5. The van der Waals surface area contributed by atoms with E-state index in [1.807, 2.05) is 0 Å². The Morgan fingerprint density at radius 3 is 2.38 bits per heavy atom. The smallest absolute Gasteiger partial charge is 0.315 e. The number of carbonyl (C=O) groups excluding carboxylic acids is 1. The fraction of sp³-hybridized carbons (Fsp3) is 0.118. The normalized spacial score (nSPS) is 10.6. The summed E-state index contributed by atoms with van der Waals surface area (Å²) in [6.07, 6.45) is 2.71. The fourth-order valence-corrected chi connectivity index (χ4v) is 2.03. The second kappa shape index (κ2) is 7.28. The van der Waals surface area contributed by atoms with Crippen molar-refractivity contribution in [3.05, 3.63) is 63.7 Å². The summed E-state index contributed by atoms with van der Waals surface area (Å²) in [5.41, 5.74) is 0.316. The lowest BCUT2D eigenvalue weighted by molar-refractivity contribution is -0.386. The molecule has 2 aromatic carbocycles. The number of phenolic OH excluding ortho intramolecular Hbond substituents is 1. The molecule has 24 heavy (non-hydrogen) atoms. The standard InChI is InChI=1S/C17H15NO6/c1-23-13-6-4-12(5-7-13)15(19)8-3-11-9-14(18(21)22)17(20)16(10-11)24-2/h3-10,20H,1-2H3. The van der Waals surface area contributed by atoms with Gasteiger partial charge in [-0.25, -0.2) is 0 Å². The van der Waals surface area contributed by atoms with Crippen molar-refractivity contribution in [3.8, 4) is 17.2 Å². The number of nitrogens with zero attached hydrogens (tertiary/aromatic N) is 1. The van der Waals surface area contributed by atoms with Gasteiger partial charge >= 0.3 is 5.69 Å². The van der Waals surface area contributed by atoms with E-state index in [2.05, 4.69) is 0 Å². The van der Waals surface area contributed by atoms with Crippen molar-refractivity contribution < 1.29 is 24.3 Å². The number of nitro benzene ring substituents is 1. The van der Waals surface area contributed by atoms with Crippen LogP contribution in [0.5, 0.6) is 17.2 Å². The molecule has 7 nitrogen and oxygen atoms in total. The van der Waals surface area contributed by atoms with Gasteiger partial charge in [0.1, 0.15) is 5.75 Å². The summed E-state index contributed by atoms with van der Waals surface area (Å²) < 4.78 is 9.93. The Labute approximate surface area is 137 Å². The van der Waals surface area contributed by atoms with Gasteiger partial charge in [0.25, 0.3) is 0 Å². The molecular formula is C17H15NO6. The number of hydrogen-bond acceptors (Lipinski definition) is 6. The van der Waals surface area contributed by atoms with Gasteiger partial charge < -0.3 is 14.6 Å². The van der Waals surface area contributed by atoms with Crippen molar-refractivity contribution in [2.75, 3.05) is 14.2 Å². The number of methoxy groups -OCH3 is 2. The molecule has 2 aromatic rings. The van der Waals surface area contributed by atoms with E-state index in [-0.39, 0.29) is 11.5 Å². The maximum absolute atomic E-state index is 12.1. The van der Waals surface area contributed by atoms with Gasteiger partial charge in [-0.15, -0.1) is 0 Å². The van der Waals surface area contributed by atoms with Gasteiger partial charge in [-0.3, -0.25) is 14.9 Å². The minimum absolute atomic E-state index is 0.0410. The predicted molar refractivity (Wildman–Crippen MR) is 87.7 cm³/mol. The number of hydrogen-bond donors (Lipinski definition) is 1. The van der Waals surface area contributed by atoms with Gasteiger partial charge in [-0.2, -0.15) is 0 Å². The van der Waals surface area contributed by atoms with Crippen LogP contribution in [0.15, 0.2) is 42.5 Å². The minimum atomic E-state index is -0.722. The molecule has 0 aliphatic carbocycles. The average molecular weight is 329 g/mol. The average Bonchev–Trinajstić information content (AvgIpc) is 2.60. The number of phenols is 1. The molecule has 0 atom stereocenters. The van der Waals surface area contributed by atoms with Gasteiger partial charge in [0.2, 0.25) is 5.75 Å². The Bertz CT molecular complexity index is 795. The van der Waals surface area contributed by atoms with Crippen LogP contribution in [0.1, 0.15) is 15.9 Å². The van der Waals surface area contributed by atoms with E-state index in [1.54, 1.807) is 24.3 Å². The monoisotopic (exact) mass is 329 g/mol. The van der Waals surface area contributed by atoms with Crippen molar-refractivity contribution in [2.24, 2.45) is 0 Å². The third kappa shape index (κ3) is 3.70. The van der Waals surface area contributed by atoms with Crippen LogP contribution < -0.4 is 9.47 Å². The molecule has 0 spiro atoms. The van der Waals surface area contributed by atoms with E-state index in [9.17, 15) is 20.0 Å². The van der Waals surface area contributed by atoms with Crippen LogP contribution >= 0.6 is 0 Å². The van der Waals surface area contributed by atoms with Gasteiger partial charge in [-0.1, -0.05) is 6.08 Å². The summed E-state index contributed by atoms with van der Waals surface area (Å²) in [7, 11) is 2.82. The molecule has 2 rings (SSSR count). The third-order valence-corrected chi connectivity index (χ3v) is 3.30. The predicted octanol–water partition coefficient (Wildman–Crippen LogP) is 3.21. The highest BCUT2D eigenvalue weighted by Gasteiger charge is 2.19. The summed E-state index contributed by atoms with van der Waals surface area (Å²) in [6, 6.07) is 9.12. The second-order valence-electron chi connectivity index (χ2n) is 4.77. The van der Waals surface area contributed by atoms with Crippen molar-refractivity contribution in [2.45, 2.75) is 0 Å². The Morgan fingerprint density at radius 2 is 1.83 bits per heavy atom. The highest BCUT2D eigenvalue weighted by molar-refractivity contribution is 6.06. The van der Waals surface area contributed by atoms with Crippen LogP contribution in [0, 0.1) is 10.1 Å². The number of carbonyl (C=O) groups is 1. The lowest BCUT2D eigenvalue weighted by atomic mass is 10.1. The number of ether oxygens (including phenoxy) is 2. The van der Waals surface area contributed by atoms with E-state index in [4.69, 9.17) is 9.47 Å². The SMILES string of the molecule is COc1ccc(C(=O)C=Cc2cc(OC)c(O)c([N+](=O)[O-])c2)cc1. The molecule has 0 bridgehead atoms. The molecule has 0 unspecified atom stereocenters. The zero-order chi connectivity index (χ0) is 17.7. The topological polar surface area (TPSA) is 98.9 Å². The third-order valence-electron chi connectivity index (χ3n) is 3.30. The molecule has 0 aromatic heterocycles. The number of allylic oxidation sites excluding steroid dienone is 1. The number of aromatic hydroxyl groups is 1. The lowest BCUT2D eigenvalue weighted by Crippen LogP contribution is -1.95. The summed E-state index contributed by atoms with van der Waals surface area (Å²) in [5, 5.41) is 20.7. The van der Waals surface area contributed by atoms with Gasteiger partial charge in [-0.05, 0) is 42.0 Å². The number of rotatable bonds is 6. The van der Waals surface area contributed by atoms with E-state index < -0.39 is 16.4 Å². The Morgan fingerprint density at radius 1 is 1.17 bits per heavy atom. The Balaban J connectivity index is 2.28. The number of nitro groups is 1. The zero-order valence-electron chi connectivity index (χ0n) is 13.1. The highest BCUT2D eigenvalue weighted by atomic mass is 16.6. The summed E-state index contributed by atoms with van der Waals surface area (Å²) in [5.74, 6) is -0.233. The minimum Gasteiger partial charge on any atom is -0.500 e. The quantitative estimate of drug-likeness (QED) is 0.378. The molecule has 0 fully saturated rings. The van der Waals surface area contributed by atoms with Crippen molar-refractivity contribution in [3.63, 3.8) is 0 Å². The van der Waals surface area contributed by atoms with Gasteiger partial charge in [0, 0.05) is 11.6 Å². The van der Waals surface area contributed by atoms with Gasteiger partial charge in [0.15, 0.2) is 11.5 Å². The number of ketones is 1. The van der Waals surface area contributed by atoms with Crippen molar-refractivity contribution in [1.82, 2.24) is 0 Å². The molecule has 0 radical (unpaired) electrons. The van der Waals surface area contributed by atoms with Crippen LogP contribution in [0.25, 0.3) is 6.08 Å². The molecule has 124 valence electrons. The zero-order valence-corrected chi connectivity index (χ0v) is 13.1. The fourth-order valence-electron chi connectivity index (χ4n) is 2.03. The van der Waals surface area contributed by atoms with E-state index in [0.717, 1.165) is 6.07 Å². The molecular weight excluding hydrogens is 314 g/mol. The Hall–Kier alpha value is -3.35. The first-order valence-corrected chi connectivity index (χ1v) is 6.88. The molecule has 0 saturated heterocycles.